The zero-order valence-corrected chi connectivity index (χ0v) is 30.6. The average Bonchev–Trinajstić information content (AvgIpc) is 3.47. The van der Waals surface area contributed by atoms with E-state index in [0.717, 1.165) is 54.9 Å². The molecule has 9 rings (SSSR count). The molecule has 6 nitrogen and oxygen atoms in total. The van der Waals surface area contributed by atoms with Gasteiger partial charge in [0.15, 0.2) is 0 Å². The van der Waals surface area contributed by atoms with Gasteiger partial charge in [0.05, 0.1) is 11.1 Å². The number of carbonyl (C=O) groups excluding carboxylic acids is 2. The van der Waals surface area contributed by atoms with Crippen molar-refractivity contribution in [3.8, 4) is 34.1 Å². The van der Waals surface area contributed by atoms with Gasteiger partial charge in [-0.15, -0.1) is 0 Å². The summed E-state index contributed by atoms with van der Waals surface area (Å²) < 4.78 is 24.4. The Labute approximate surface area is 329 Å². The van der Waals surface area contributed by atoms with Gasteiger partial charge in [-0.1, -0.05) is 133 Å². The van der Waals surface area contributed by atoms with E-state index in [0.29, 0.717) is 34.1 Å². The predicted octanol–water partition coefficient (Wildman–Crippen LogP) is 12.2. The summed E-state index contributed by atoms with van der Waals surface area (Å²) in [5.74, 6) is 1.48. The summed E-state index contributed by atoms with van der Waals surface area (Å²) in [6.07, 6.45) is 8.03. The summed E-state index contributed by atoms with van der Waals surface area (Å²) in [6, 6.07) is 53.6. The predicted molar refractivity (Wildman–Crippen MR) is 227 cm³/mol. The molecule has 0 radical (unpaired) electrons. The Balaban J connectivity index is 1.10. The summed E-state index contributed by atoms with van der Waals surface area (Å²) in [4.78, 5) is 25.5. The summed E-state index contributed by atoms with van der Waals surface area (Å²) >= 11 is 0. The van der Waals surface area contributed by atoms with Crippen molar-refractivity contribution < 1.29 is 28.5 Å². The molecule has 1 aliphatic rings. The molecule has 0 atom stereocenters. The van der Waals surface area contributed by atoms with Crippen LogP contribution in [-0.4, -0.2) is 18.7 Å². The first kappa shape index (κ1) is 35.0. The molecule has 0 saturated carbocycles. The molecule has 0 fully saturated rings. The maximum Gasteiger partial charge on any atom is 0.343 e. The summed E-state index contributed by atoms with van der Waals surface area (Å²) in [5.41, 5.74) is 6.31. The van der Waals surface area contributed by atoms with Crippen molar-refractivity contribution in [2.45, 2.75) is 0 Å². The molecule has 274 valence electrons. The lowest BCUT2D eigenvalue weighted by atomic mass is 9.88. The van der Waals surface area contributed by atoms with Gasteiger partial charge >= 0.3 is 11.9 Å². The third kappa shape index (κ3) is 7.40. The highest BCUT2D eigenvalue weighted by atomic mass is 16.7. The second-order valence-corrected chi connectivity index (χ2v) is 13.5. The normalized spacial score (nSPS) is 12.1. The molecule has 1 aliphatic heterocycles. The SMILES string of the molecule is O=C(Oc1cccc(/C=C/c2cc3ccccc3c3c2OCOc2c(/C=C/c4cccc(OC(=O)c5ccccc5)c4)cc4ccccc4c2-3)c1)c1ccccc1. The Morgan fingerprint density at radius 3 is 1.32 bits per heavy atom. The van der Waals surface area contributed by atoms with Gasteiger partial charge in [0.1, 0.15) is 23.0 Å². The fourth-order valence-corrected chi connectivity index (χ4v) is 7.12. The molecule has 0 aromatic heterocycles. The minimum absolute atomic E-state index is 0.00575. The van der Waals surface area contributed by atoms with Crippen LogP contribution in [0.3, 0.4) is 0 Å². The van der Waals surface area contributed by atoms with Crippen molar-refractivity contribution in [3.63, 3.8) is 0 Å². The Kier molecular flexibility index (Phi) is 9.57. The molecule has 0 bridgehead atoms. The van der Waals surface area contributed by atoms with Crippen molar-refractivity contribution in [1.29, 1.82) is 0 Å². The third-order valence-electron chi connectivity index (χ3n) is 9.78. The number of fused-ring (bicyclic) bond motifs is 7. The fraction of sp³-hybridized carbons (Fsp3) is 0.0196. The Morgan fingerprint density at radius 1 is 0.439 bits per heavy atom. The van der Waals surface area contributed by atoms with Crippen molar-refractivity contribution in [2.24, 2.45) is 0 Å². The molecule has 8 aromatic rings. The van der Waals surface area contributed by atoms with E-state index in [9.17, 15) is 9.59 Å². The van der Waals surface area contributed by atoms with Gasteiger partial charge in [-0.05, 0) is 93.3 Å². The van der Waals surface area contributed by atoms with Crippen LogP contribution in [0.15, 0.2) is 170 Å². The lowest BCUT2D eigenvalue weighted by Gasteiger charge is -2.17. The minimum Gasteiger partial charge on any atom is -0.456 e. The van der Waals surface area contributed by atoms with Crippen LogP contribution in [0.4, 0.5) is 0 Å². The molecule has 0 spiro atoms. The number of rotatable bonds is 8. The van der Waals surface area contributed by atoms with Gasteiger partial charge in [0.2, 0.25) is 6.79 Å². The lowest BCUT2D eigenvalue weighted by molar-refractivity contribution is 0.0725. The van der Waals surface area contributed by atoms with Crippen molar-refractivity contribution in [1.82, 2.24) is 0 Å². The standard InChI is InChI=1S/C51H34O6/c52-50(36-15-3-1-4-16-36)56-42-21-11-13-34(29-42)25-27-40-31-38-19-7-9-23-44(38)46-47-45-24-10-8-20-39(45)32-41(49(47)55-33-54-48(40)46)28-26-35-14-12-22-43(30-35)57-51(53)37-17-5-2-6-18-37/h1-32H,33H2/b27-25+,28-26+. The van der Waals surface area contributed by atoms with Crippen LogP contribution in [-0.2, 0) is 0 Å². The second kappa shape index (κ2) is 15.6. The molecule has 1 heterocycles. The first-order chi connectivity index (χ1) is 28.1. The van der Waals surface area contributed by atoms with E-state index in [2.05, 4.69) is 36.4 Å². The topological polar surface area (TPSA) is 71.1 Å². The number of esters is 2. The third-order valence-corrected chi connectivity index (χ3v) is 9.78. The highest BCUT2D eigenvalue weighted by molar-refractivity contribution is 6.12. The fourth-order valence-electron chi connectivity index (χ4n) is 7.12. The number of hydrogen-bond donors (Lipinski definition) is 0. The summed E-state index contributed by atoms with van der Waals surface area (Å²) in [6.45, 7) is -0.00575. The number of ether oxygens (including phenoxy) is 4. The monoisotopic (exact) mass is 742 g/mol. The average molecular weight is 743 g/mol. The zero-order valence-electron chi connectivity index (χ0n) is 30.6. The van der Waals surface area contributed by atoms with E-state index >= 15 is 0 Å². The first-order valence-electron chi connectivity index (χ1n) is 18.6. The minimum atomic E-state index is -0.414. The van der Waals surface area contributed by atoms with Crippen LogP contribution in [0.2, 0.25) is 0 Å². The van der Waals surface area contributed by atoms with Crippen molar-refractivity contribution >= 4 is 57.8 Å². The van der Waals surface area contributed by atoms with Crippen LogP contribution >= 0.6 is 0 Å². The first-order valence-corrected chi connectivity index (χ1v) is 18.6. The van der Waals surface area contributed by atoms with E-state index < -0.39 is 11.9 Å². The number of hydrogen-bond acceptors (Lipinski definition) is 6. The molecule has 8 aromatic carbocycles. The van der Waals surface area contributed by atoms with Crippen LogP contribution in [0.1, 0.15) is 43.0 Å². The lowest BCUT2D eigenvalue weighted by Crippen LogP contribution is -2.08. The molecule has 6 heteroatoms. The van der Waals surface area contributed by atoms with Gasteiger partial charge in [0.25, 0.3) is 0 Å². The Bertz CT molecular complexity index is 2660. The number of benzene rings is 8. The molecule has 0 N–H and O–H groups in total. The van der Waals surface area contributed by atoms with E-state index in [4.69, 9.17) is 18.9 Å². The van der Waals surface area contributed by atoms with Gasteiger partial charge in [0, 0.05) is 22.3 Å². The molecule has 0 saturated heterocycles. The molecule has 0 amide bonds. The molecule has 57 heavy (non-hydrogen) atoms. The Morgan fingerprint density at radius 2 is 0.860 bits per heavy atom. The maximum absolute atomic E-state index is 12.8. The van der Waals surface area contributed by atoms with E-state index in [1.54, 1.807) is 36.4 Å². The Hall–Kier alpha value is -7.70. The van der Waals surface area contributed by atoms with Gasteiger partial charge < -0.3 is 18.9 Å². The second-order valence-electron chi connectivity index (χ2n) is 13.5. The van der Waals surface area contributed by atoms with Gasteiger partial charge in [-0.25, -0.2) is 9.59 Å². The molecular weight excluding hydrogens is 709 g/mol. The summed E-state index contributed by atoms with van der Waals surface area (Å²) in [7, 11) is 0. The van der Waals surface area contributed by atoms with E-state index in [1.807, 2.05) is 121 Å². The highest BCUT2D eigenvalue weighted by Crippen LogP contribution is 2.50. The molecular formula is C51H34O6. The van der Waals surface area contributed by atoms with Crippen LogP contribution in [0.5, 0.6) is 23.0 Å². The largest absolute Gasteiger partial charge is 0.456 e. The number of carbonyl (C=O) groups is 2. The van der Waals surface area contributed by atoms with Crippen molar-refractivity contribution in [2.75, 3.05) is 6.79 Å². The van der Waals surface area contributed by atoms with Gasteiger partial charge in [-0.3, -0.25) is 0 Å². The van der Waals surface area contributed by atoms with E-state index in [-0.39, 0.29) is 6.79 Å². The smallest absolute Gasteiger partial charge is 0.343 e. The van der Waals surface area contributed by atoms with E-state index in [1.165, 1.54) is 0 Å². The maximum atomic E-state index is 12.8. The van der Waals surface area contributed by atoms with Crippen LogP contribution in [0.25, 0.3) is 57.0 Å². The van der Waals surface area contributed by atoms with Gasteiger partial charge in [-0.2, -0.15) is 0 Å². The summed E-state index contributed by atoms with van der Waals surface area (Å²) in [5, 5.41) is 4.16. The van der Waals surface area contributed by atoms with Crippen molar-refractivity contribution in [3.05, 3.63) is 203 Å². The molecule has 0 aliphatic carbocycles. The highest BCUT2D eigenvalue weighted by Gasteiger charge is 2.26. The van der Waals surface area contributed by atoms with Crippen LogP contribution < -0.4 is 18.9 Å². The quantitative estimate of drug-likeness (QED) is 0.0877. The molecule has 0 unspecified atom stereocenters. The zero-order chi connectivity index (χ0) is 38.6. The van der Waals surface area contributed by atoms with Crippen LogP contribution in [0, 0.1) is 0 Å².